The molecule has 32 heavy (non-hydrogen) atoms. The Bertz CT molecular complexity index is 842. The third-order valence-corrected chi connectivity index (χ3v) is 4.74. The third-order valence-electron chi connectivity index (χ3n) is 4.74. The van der Waals surface area contributed by atoms with Crippen LogP contribution < -0.4 is 20.3 Å². The van der Waals surface area contributed by atoms with Gasteiger partial charge in [0.25, 0.3) is 0 Å². The van der Waals surface area contributed by atoms with Gasteiger partial charge < -0.3 is 25.4 Å². The first-order valence-corrected chi connectivity index (χ1v) is 11.3. The molecule has 0 aliphatic carbocycles. The van der Waals surface area contributed by atoms with E-state index < -0.39 is 0 Å². The van der Waals surface area contributed by atoms with Gasteiger partial charge in [0.05, 0.1) is 19.2 Å². The minimum absolute atomic E-state index is 0.0901. The minimum atomic E-state index is -0.279. The second-order valence-electron chi connectivity index (χ2n) is 8.34. The van der Waals surface area contributed by atoms with Crippen LogP contribution in [0.15, 0.2) is 30.6 Å². The van der Waals surface area contributed by atoms with Crippen LogP contribution in [0.2, 0.25) is 0 Å². The largest absolute Gasteiger partial charge is 0.486 e. The van der Waals surface area contributed by atoms with Crippen LogP contribution in [-0.4, -0.2) is 53.3 Å². The molecule has 1 aromatic heterocycles. The van der Waals surface area contributed by atoms with E-state index in [1.165, 1.54) is 6.42 Å². The van der Waals surface area contributed by atoms with Crippen molar-refractivity contribution in [3.05, 3.63) is 47.5 Å². The maximum Gasteiger partial charge on any atom is 0.239 e. The molecule has 2 aromatic rings. The van der Waals surface area contributed by atoms with E-state index in [4.69, 9.17) is 4.74 Å². The van der Waals surface area contributed by atoms with Gasteiger partial charge in [0, 0.05) is 49.3 Å². The molecule has 8 heteroatoms. The standard InChI is InChI=1S/C21H29N5O3.C3H8/c1-14(2)22-8-15-9-23-20(24-10-15)13-29-18-5-4-16-6-17(12-27)25-21(28)11-26(3)19(16)7-18;1-3-2/h4-5,7,9-10,14,17,22,27H,6,8,11-13H2,1-3H3,(H,25,28);3H2,1-2H3. The maximum absolute atomic E-state index is 12.0. The Kier molecular flexibility index (Phi) is 10.4. The van der Waals surface area contributed by atoms with E-state index >= 15 is 0 Å². The molecule has 176 valence electrons. The number of benzene rings is 1. The highest BCUT2D eigenvalue weighted by molar-refractivity contribution is 5.82. The third kappa shape index (κ3) is 8.09. The number of likely N-dealkylation sites (N-methyl/N-ethyl adjacent to an activating group) is 1. The lowest BCUT2D eigenvalue weighted by Gasteiger charge is -2.28. The monoisotopic (exact) mass is 443 g/mol. The van der Waals surface area contributed by atoms with Gasteiger partial charge in [-0.25, -0.2) is 9.97 Å². The van der Waals surface area contributed by atoms with Crippen LogP contribution in [0.4, 0.5) is 5.69 Å². The number of aliphatic hydroxyl groups is 1. The number of anilines is 1. The first-order chi connectivity index (χ1) is 15.4. The van der Waals surface area contributed by atoms with E-state index in [0.717, 1.165) is 23.4 Å². The first-order valence-electron chi connectivity index (χ1n) is 11.3. The van der Waals surface area contributed by atoms with Crippen LogP contribution in [-0.2, 0) is 24.4 Å². The molecule has 1 aromatic carbocycles. The number of fused-ring (bicyclic) bond motifs is 1. The molecule has 0 saturated heterocycles. The topological polar surface area (TPSA) is 99.6 Å². The molecule has 8 nitrogen and oxygen atoms in total. The van der Waals surface area contributed by atoms with E-state index in [0.29, 0.717) is 24.0 Å². The Hall–Kier alpha value is -2.71. The predicted octanol–water partition coefficient (Wildman–Crippen LogP) is 2.44. The lowest BCUT2D eigenvalue weighted by Crippen LogP contribution is -2.46. The van der Waals surface area contributed by atoms with Crippen molar-refractivity contribution in [3.63, 3.8) is 0 Å². The second-order valence-corrected chi connectivity index (χ2v) is 8.34. The fraction of sp³-hybridized carbons (Fsp3) is 0.542. The molecule has 3 N–H and O–H groups in total. The summed E-state index contributed by atoms with van der Waals surface area (Å²) in [6.07, 6.45) is 5.43. The Morgan fingerprint density at radius 2 is 1.97 bits per heavy atom. The summed E-state index contributed by atoms with van der Waals surface area (Å²) in [5, 5.41) is 15.7. The molecule has 1 atom stereocenters. The summed E-state index contributed by atoms with van der Waals surface area (Å²) in [7, 11) is 1.87. The van der Waals surface area contributed by atoms with Gasteiger partial charge in [-0.3, -0.25) is 4.79 Å². The first kappa shape index (κ1) is 25.5. The van der Waals surface area contributed by atoms with Crippen molar-refractivity contribution in [3.8, 4) is 5.75 Å². The summed E-state index contributed by atoms with van der Waals surface area (Å²) < 4.78 is 5.88. The van der Waals surface area contributed by atoms with Crippen molar-refractivity contribution in [2.45, 2.75) is 65.8 Å². The number of ether oxygens (including phenoxy) is 1. The zero-order valence-corrected chi connectivity index (χ0v) is 19.9. The van der Waals surface area contributed by atoms with E-state index in [2.05, 4.69) is 48.3 Å². The van der Waals surface area contributed by atoms with E-state index in [-0.39, 0.29) is 31.7 Å². The fourth-order valence-electron chi connectivity index (χ4n) is 3.18. The van der Waals surface area contributed by atoms with E-state index in [1.54, 1.807) is 0 Å². The van der Waals surface area contributed by atoms with Crippen molar-refractivity contribution in [2.75, 3.05) is 25.1 Å². The van der Waals surface area contributed by atoms with Crippen LogP contribution in [0, 0.1) is 0 Å². The van der Waals surface area contributed by atoms with Crippen molar-refractivity contribution >= 4 is 11.6 Å². The van der Waals surface area contributed by atoms with Gasteiger partial charge in [-0.15, -0.1) is 0 Å². The maximum atomic E-state index is 12.0. The molecule has 0 fully saturated rings. The molecular weight excluding hydrogens is 406 g/mol. The molecule has 0 bridgehead atoms. The molecule has 0 radical (unpaired) electrons. The normalized spacial score (nSPS) is 15.8. The molecule has 3 rings (SSSR count). The van der Waals surface area contributed by atoms with Gasteiger partial charge in [-0.1, -0.05) is 40.2 Å². The zero-order chi connectivity index (χ0) is 23.5. The zero-order valence-electron chi connectivity index (χ0n) is 19.9. The summed E-state index contributed by atoms with van der Waals surface area (Å²) >= 11 is 0. The van der Waals surface area contributed by atoms with Gasteiger partial charge in [0.1, 0.15) is 12.4 Å². The van der Waals surface area contributed by atoms with Crippen molar-refractivity contribution < 1.29 is 14.6 Å². The van der Waals surface area contributed by atoms with Gasteiger partial charge >= 0.3 is 0 Å². The van der Waals surface area contributed by atoms with Crippen LogP contribution in [0.25, 0.3) is 0 Å². The Labute approximate surface area is 191 Å². The summed E-state index contributed by atoms with van der Waals surface area (Å²) in [5.74, 6) is 1.19. The van der Waals surface area contributed by atoms with Crippen LogP contribution in [0.3, 0.4) is 0 Å². The summed E-state index contributed by atoms with van der Waals surface area (Å²) in [4.78, 5) is 22.6. The van der Waals surface area contributed by atoms with E-state index in [1.807, 2.05) is 42.5 Å². The molecule has 0 saturated carbocycles. The molecule has 2 heterocycles. The summed E-state index contributed by atoms with van der Waals surface area (Å²) in [6.45, 7) is 9.58. The van der Waals surface area contributed by atoms with Crippen molar-refractivity contribution in [1.82, 2.24) is 20.6 Å². The molecule has 1 aliphatic rings. The van der Waals surface area contributed by atoms with Crippen LogP contribution >= 0.6 is 0 Å². The highest BCUT2D eigenvalue weighted by atomic mass is 16.5. The van der Waals surface area contributed by atoms with Gasteiger partial charge in [-0.2, -0.15) is 0 Å². The number of hydrogen-bond donors (Lipinski definition) is 3. The van der Waals surface area contributed by atoms with Crippen molar-refractivity contribution in [1.29, 1.82) is 0 Å². The van der Waals surface area contributed by atoms with Crippen LogP contribution in [0.1, 0.15) is 51.1 Å². The molecule has 1 amide bonds. The SMILES string of the molecule is CC(C)NCc1cnc(COc2ccc3c(c2)N(C)CC(=O)NC(CO)C3)nc1.CCC. The van der Waals surface area contributed by atoms with Gasteiger partial charge in [0.15, 0.2) is 5.82 Å². The number of hydrogen-bond acceptors (Lipinski definition) is 7. The average molecular weight is 444 g/mol. The fourth-order valence-corrected chi connectivity index (χ4v) is 3.18. The van der Waals surface area contributed by atoms with Gasteiger partial charge in [-0.05, 0) is 18.1 Å². The molecule has 1 unspecified atom stereocenters. The number of carbonyl (C=O) groups excluding carboxylic acids is 1. The molecule has 0 spiro atoms. The number of aliphatic hydroxyl groups excluding tert-OH is 1. The highest BCUT2D eigenvalue weighted by Crippen LogP contribution is 2.28. The molecule has 1 aliphatic heterocycles. The number of amides is 1. The molecular formula is C24H37N5O3. The lowest BCUT2D eigenvalue weighted by atomic mass is 10.0. The second kappa shape index (κ2) is 13.0. The number of carbonyl (C=O) groups is 1. The Morgan fingerprint density at radius 3 is 2.59 bits per heavy atom. The van der Waals surface area contributed by atoms with Gasteiger partial charge in [0.2, 0.25) is 5.91 Å². The number of rotatable bonds is 7. The predicted molar refractivity (Wildman–Crippen MR) is 127 cm³/mol. The average Bonchev–Trinajstić information content (AvgIpc) is 2.76. The van der Waals surface area contributed by atoms with E-state index in [9.17, 15) is 9.90 Å². The lowest BCUT2D eigenvalue weighted by molar-refractivity contribution is -0.120. The van der Waals surface area contributed by atoms with Crippen LogP contribution in [0.5, 0.6) is 5.75 Å². The summed E-state index contributed by atoms with van der Waals surface area (Å²) in [6, 6.07) is 5.92. The number of nitrogens with one attached hydrogen (secondary N) is 2. The smallest absolute Gasteiger partial charge is 0.239 e. The number of aromatic nitrogens is 2. The quantitative estimate of drug-likeness (QED) is 0.604. The summed E-state index contributed by atoms with van der Waals surface area (Å²) in [5.41, 5.74) is 3.01. The Balaban J connectivity index is 0.00000114. The highest BCUT2D eigenvalue weighted by Gasteiger charge is 2.21. The minimum Gasteiger partial charge on any atom is -0.486 e. The number of nitrogens with zero attached hydrogens (tertiary/aromatic N) is 3. The van der Waals surface area contributed by atoms with Crippen molar-refractivity contribution in [2.24, 2.45) is 0 Å². The Morgan fingerprint density at radius 1 is 1.28 bits per heavy atom.